The van der Waals surface area contributed by atoms with E-state index in [2.05, 4.69) is 10.1 Å². The fourth-order valence-electron chi connectivity index (χ4n) is 2.77. The van der Waals surface area contributed by atoms with Crippen molar-refractivity contribution in [2.45, 2.75) is 37.9 Å². The summed E-state index contributed by atoms with van der Waals surface area (Å²) in [5, 5.41) is 4.29. The standard InChI is InChI=1S/C16H20ClN3O3S/c1-11(2)24(21,22)20-9-7-13(8-10-20)16-18-15(19-23-16)12-3-5-14(17)6-4-12/h3-6,11,13H,7-10H2,1-2H3. The van der Waals surface area contributed by atoms with Crippen LogP contribution in [0.5, 0.6) is 0 Å². The summed E-state index contributed by atoms with van der Waals surface area (Å²) in [7, 11) is -3.19. The van der Waals surface area contributed by atoms with E-state index in [0.717, 1.165) is 5.56 Å². The van der Waals surface area contributed by atoms with Crippen LogP contribution in [0.4, 0.5) is 0 Å². The minimum atomic E-state index is -3.19. The Morgan fingerprint density at radius 2 is 1.83 bits per heavy atom. The van der Waals surface area contributed by atoms with Crippen LogP contribution in [-0.4, -0.2) is 41.2 Å². The molecule has 0 amide bonds. The summed E-state index contributed by atoms with van der Waals surface area (Å²) in [4.78, 5) is 4.47. The van der Waals surface area contributed by atoms with Crippen molar-refractivity contribution in [3.05, 3.63) is 35.2 Å². The van der Waals surface area contributed by atoms with Crippen LogP contribution >= 0.6 is 11.6 Å². The van der Waals surface area contributed by atoms with Gasteiger partial charge in [-0.25, -0.2) is 12.7 Å². The predicted octanol–water partition coefficient (Wildman–Crippen LogP) is 3.31. The summed E-state index contributed by atoms with van der Waals surface area (Å²) in [6, 6.07) is 7.24. The van der Waals surface area contributed by atoms with Gasteiger partial charge in [-0.2, -0.15) is 4.98 Å². The summed E-state index contributed by atoms with van der Waals surface area (Å²) in [5.41, 5.74) is 0.842. The predicted molar refractivity (Wildman–Crippen MR) is 92.3 cm³/mol. The molecule has 0 bridgehead atoms. The van der Waals surface area contributed by atoms with Gasteiger partial charge in [0.15, 0.2) is 0 Å². The van der Waals surface area contributed by atoms with E-state index >= 15 is 0 Å². The van der Waals surface area contributed by atoms with Crippen LogP contribution in [0.1, 0.15) is 38.5 Å². The minimum Gasteiger partial charge on any atom is -0.339 e. The quantitative estimate of drug-likeness (QED) is 0.826. The van der Waals surface area contributed by atoms with Crippen molar-refractivity contribution >= 4 is 21.6 Å². The van der Waals surface area contributed by atoms with Gasteiger partial charge in [-0.3, -0.25) is 0 Å². The lowest BCUT2D eigenvalue weighted by Crippen LogP contribution is -2.41. The first-order valence-electron chi connectivity index (χ1n) is 7.96. The average Bonchev–Trinajstić information content (AvgIpc) is 3.05. The lowest BCUT2D eigenvalue weighted by molar-refractivity contribution is 0.269. The van der Waals surface area contributed by atoms with Crippen LogP contribution in [0.15, 0.2) is 28.8 Å². The number of benzene rings is 1. The van der Waals surface area contributed by atoms with Gasteiger partial charge in [-0.05, 0) is 51.0 Å². The van der Waals surface area contributed by atoms with Gasteiger partial charge >= 0.3 is 0 Å². The Labute approximate surface area is 146 Å². The summed E-state index contributed by atoms with van der Waals surface area (Å²) in [6.07, 6.45) is 1.38. The Hall–Kier alpha value is -1.44. The van der Waals surface area contributed by atoms with Crippen molar-refractivity contribution in [3.63, 3.8) is 0 Å². The molecule has 0 unspecified atom stereocenters. The third-order valence-corrected chi connectivity index (χ3v) is 6.83. The molecule has 0 saturated carbocycles. The van der Waals surface area contributed by atoms with Crippen molar-refractivity contribution in [1.29, 1.82) is 0 Å². The summed E-state index contributed by atoms with van der Waals surface area (Å²) < 4.78 is 31.4. The number of hydrogen-bond donors (Lipinski definition) is 0. The fraction of sp³-hybridized carbons (Fsp3) is 0.500. The number of aromatic nitrogens is 2. The first kappa shape index (κ1) is 17.4. The molecule has 1 aliphatic rings. The smallest absolute Gasteiger partial charge is 0.230 e. The van der Waals surface area contributed by atoms with Gasteiger partial charge in [0.2, 0.25) is 21.7 Å². The highest BCUT2D eigenvalue weighted by Crippen LogP contribution is 2.30. The summed E-state index contributed by atoms with van der Waals surface area (Å²) >= 11 is 5.88. The van der Waals surface area contributed by atoms with Crippen LogP contribution in [0.25, 0.3) is 11.4 Å². The SMILES string of the molecule is CC(C)S(=O)(=O)N1CCC(c2nc(-c3ccc(Cl)cc3)no2)CC1. The molecule has 2 aromatic rings. The lowest BCUT2D eigenvalue weighted by Gasteiger charge is -2.30. The number of piperidine rings is 1. The molecule has 6 nitrogen and oxygen atoms in total. The number of hydrogen-bond acceptors (Lipinski definition) is 5. The summed E-state index contributed by atoms with van der Waals surface area (Å²) in [5.74, 6) is 1.19. The maximum absolute atomic E-state index is 12.2. The Bertz CT molecular complexity index is 794. The molecule has 3 rings (SSSR count). The van der Waals surface area contributed by atoms with Gasteiger partial charge in [-0.1, -0.05) is 16.8 Å². The molecule has 24 heavy (non-hydrogen) atoms. The second-order valence-electron chi connectivity index (χ2n) is 6.23. The first-order chi connectivity index (χ1) is 11.4. The Kier molecular flexibility index (Phi) is 4.94. The lowest BCUT2D eigenvalue weighted by atomic mass is 9.98. The molecule has 0 N–H and O–H groups in total. The molecule has 8 heteroatoms. The zero-order chi connectivity index (χ0) is 17.3. The molecule has 1 aromatic heterocycles. The van der Waals surface area contributed by atoms with E-state index in [4.69, 9.17) is 16.1 Å². The van der Waals surface area contributed by atoms with Crippen LogP contribution in [0.2, 0.25) is 5.02 Å². The normalized spacial score (nSPS) is 17.5. The average molecular weight is 370 g/mol. The Morgan fingerprint density at radius 1 is 1.21 bits per heavy atom. The van der Waals surface area contributed by atoms with E-state index in [9.17, 15) is 8.42 Å². The highest BCUT2D eigenvalue weighted by molar-refractivity contribution is 7.89. The van der Waals surface area contributed by atoms with Crippen molar-refractivity contribution in [3.8, 4) is 11.4 Å². The van der Waals surface area contributed by atoms with Crippen molar-refractivity contribution < 1.29 is 12.9 Å². The maximum Gasteiger partial charge on any atom is 0.230 e. The van der Waals surface area contributed by atoms with Gasteiger partial charge in [0.05, 0.1) is 5.25 Å². The topological polar surface area (TPSA) is 76.3 Å². The molecule has 130 valence electrons. The highest BCUT2D eigenvalue weighted by Gasteiger charge is 2.32. The zero-order valence-corrected chi connectivity index (χ0v) is 15.2. The van der Waals surface area contributed by atoms with Gasteiger partial charge in [0.25, 0.3) is 0 Å². The highest BCUT2D eigenvalue weighted by atomic mass is 35.5. The second kappa shape index (κ2) is 6.82. The molecule has 0 atom stereocenters. The summed E-state index contributed by atoms with van der Waals surface area (Å²) in [6.45, 7) is 4.39. The van der Waals surface area contributed by atoms with Gasteiger partial charge in [0.1, 0.15) is 0 Å². The third kappa shape index (κ3) is 3.48. The second-order valence-corrected chi connectivity index (χ2v) is 9.16. The molecular formula is C16H20ClN3O3S. The van der Waals surface area contributed by atoms with Crippen LogP contribution in [-0.2, 0) is 10.0 Å². The van der Waals surface area contributed by atoms with Gasteiger partial charge < -0.3 is 4.52 Å². The molecule has 1 fully saturated rings. The Balaban J connectivity index is 1.68. The van der Waals surface area contributed by atoms with Gasteiger partial charge in [0, 0.05) is 29.6 Å². The van der Waals surface area contributed by atoms with Crippen molar-refractivity contribution in [1.82, 2.24) is 14.4 Å². The molecule has 2 heterocycles. The fourth-order valence-corrected chi connectivity index (χ4v) is 4.21. The van der Waals surface area contributed by atoms with Crippen LogP contribution < -0.4 is 0 Å². The molecule has 1 saturated heterocycles. The molecule has 1 aromatic carbocycles. The maximum atomic E-state index is 12.2. The molecule has 0 radical (unpaired) electrons. The van der Waals surface area contributed by atoms with Crippen LogP contribution in [0, 0.1) is 0 Å². The van der Waals surface area contributed by atoms with Crippen molar-refractivity contribution in [2.75, 3.05) is 13.1 Å². The first-order valence-corrected chi connectivity index (χ1v) is 9.84. The van der Waals surface area contributed by atoms with Crippen LogP contribution in [0.3, 0.4) is 0 Å². The third-order valence-electron chi connectivity index (χ3n) is 4.30. The van der Waals surface area contributed by atoms with E-state index in [-0.39, 0.29) is 5.92 Å². The molecule has 1 aliphatic heterocycles. The number of nitrogens with zero attached hydrogens (tertiary/aromatic N) is 3. The number of sulfonamides is 1. The van der Waals surface area contributed by atoms with E-state index in [0.29, 0.717) is 42.7 Å². The monoisotopic (exact) mass is 369 g/mol. The van der Waals surface area contributed by atoms with E-state index in [1.165, 1.54) is 0 Å². The van der Waals surface area contributed by atoms with E-state index < -0.39 is 15.3 Å². The molecule has 0 aliphatic carbocycles. The number of rotatable bonds is 4. The van der Waals surface area contributed by atoms with Crippen molar-refractivity contribution in [2.24, 2.45) is 0 Å². The van der Waals surface area contributed by atoms with Gasteiger partial charge in [-0.15, -0.1) is 0 Å². The molecule has 0 spiro atoms. The van der Waals surface area contributed by atoms with E-state index in [1.807, 2.05) is 12.1 Å². The largest absolute Gasteiger partial charge is 0.339 e. The Morgan fingerprint density at radius 3 is 2.42 bits per heavy atom. The zero-order valence-electron chi connectivity index (χ0n) is 13.6. The van der Waals surface area contributed by atoms with E-state index in [1.54, 1.807) is 30.3 Å². The minimum absolute atomic E-state index is 0.0946. The number of halogens is 1. The molecular weight excluding hydrogens is 350 g/mol.